The number of nitrogens with one attached hydrogen (secondary N) is 1. The Kier molecular flexibility index (Phi) is 12.4. The Labute approximate surface area is 182 Å². The van der Waals surface area contributed by atoms with Gasteiger partial charge in [0, 0.05) is 39.2 Å². The average Bonchev–Trinajstić information content (AvgIpc) is 3.14. The van der Waals surface area contributed by atoms with E-state index in [4.69, 9.17) is 9.73 Å². The maximum Gasteiger partial charge on any atom is 0.193 e. The molecule has 27 heavy (non-hydrogen) atoms. The number of hydrogen-bond donors (Lipinski definition) is 1. The molecule has 1 heterocycles. The van der Waals surface area contributed by atoms with E-state index in [2.05, 4.69) is 61.1 Å². The van der Waals surface area contributed by atoms with E-state index < -0.39 is 0 Å². The number of benzene rings is 1. The Hall–Kier alpha value is -1.08. The van der Waals surface area contributed by atoms with Gasteiger partial charge in [0.1, 0.15) is 0 Å². The molecule has 1 fully saturated rings. The summed E-state index contributed by atoms with van der Waals surface area (Å²) in [5.41, 5.74) is 1.27. The summed E-state index contributed by atoms with van der Waals surface area (Å²) in [7, 11) is 2.13. The largest absolute Gasteiger partial charge is 0.373 e. The van der Waals surface area contributed by atoms with Crippen LogP contribution in [-0.4, -0.2) is 44.1 Å². The van der Waals surface area contributed by atoms with Gasteiger partial charge in [-0.05, 0) is 38.2 Å². The van der Waals surface area contributed by atoms with Gasteiger partial charge in [0.15, 0.2) is 5.96 Å². The molecule has 2 unspecified atom stereocenters. The summed E-state index contributed by atoms with van der Waals surface area (Å²) in [4.78, 5) is 7.18. The summed E-state index contributed by atoms with van der Waals surface area (Å²) in [5, 5.41) is 3.43. The molecule has 2 rings (SSSR count). The molecule has 152 valence electrons. The van der Waals surface area contributed by atoms with Crippen LogP contribution in [-0.2, 0) is 4.74 Å². The molecule has 1 saturated heterocycles. The molecule has 0 bridgehead atoms. The summed E-state index contributed by atoms with van der Waals surface area (Å²) >= 11 is 0. The highest BCUT2D eigenvalue weighted by molar-refractivity contribution is 14.0. The first-order valence-electron chi connectivity index (χ1n) is 10.0. The molecule has 0 spiro atoms. The smallest absolute Gasteiger partial charge is 0.193 e. The highest BCUT2D eigenvalue weighted by Gasteiger charge is 2.29. The van der Waals surface area contributed by atoms with Crippen molar-refractivity contribution in [3.63, 3.8) is 0 Å². The second-order valence-corrected chi connectivity index (χ2v) is 7.01. The predicted molar refractivity (Wildman–Crippen MR) is 126 cm³/mol. The molecule has 1 aromatic carbocycles. The normalized spacial score (nSPS) is 19.4. The average molecular weight is 485 g/mol. The van der Waals surface area contributed by atoms with Crippen LogP contribution in [0.1, 0.15) is 50.7 Å². The summed E-state index contributed by atoms with van der Waals surface area (Å²) in [6, 6.07) is 10.5. The van der Waals surface area contributed by atoms with Crippen LogP contribution in [0.4, 0.5) is 0 Å². The SMILES string of the molecule is C=CCCCCCN(C)C(=NCC1CCOC1c1ccccc1)NCC.I. The molecule has 0 saturated carbocycles. The van der Waals surface area contributed by atoms with Crippen molar-refractivity contribution in [1.29, 1.82) is 0 Å². The molecule has 0 amide bonds. The summed E-state index contributed by atoms with van der Waals surface area (Å²) < 4.78 is 6.00. The number of rotatable bonds is 10. The molecule has 0 radical (unpaired) electrons. The Morgan fingerprint density at radius 3 is 2.78 bits per heavy atom. The zero-order valence-electron chi connectivity index (χ0n) is 16.9. The number of guanidine groups is 1. The van der Waals surface area contributed by atoms with E-state index in [0.717, 1.165) is 45.0 Å². The molecule has 0 aliphatic carbocycles. The number of hydrogen-bond acceptors (Lipinski definition) is 2. The van der Waals surface area contributed by atoms with Crippen LogP contribution in [0.25, 0.3) is 0 Å². The topological polar surface area (TPSA) is 36.9 Å². The van der Waals surface area contributed by atoms with Gasteiger partial charge in [0.25, 0.3) is 0 Å². The number of ether oxygens (including phenoxy) is 1. The van der Waals surface area contributed by atoms with Crippen LogP contribution in [0, 0.1) is 5.92 Å². The van der Waals surface area contributed by atoms with Crippen LogP contribution in [0.5, 0.6) is 0 Å². The molecular weight excluding hydrogens is 449 g/mol. The standard InChI is InChI=1S/C22H35N3O.HI/c1-4-6-7-8-12-16-25(3)22(23-5-2)24-18-20-15-17-26-21(20)19-13-10-9-11-14-19;/h4,9-11,13-14,20-21H,1,5-8,12,15-18H2,2-3H3,(H,23,24);1H. The first kappa shape index (κ1) is 24.0. The Morgan fingerprint density at radius 1 is 1.30 bits per heavy atom. The van der Waals surface area contributed by atoms with Crippen molar-refractivity contribution in [2.24, 2.45) is 10.9 Å². The van der Waals surface area contributed by atoms with Crippen molar-refractivity contribution in [2.75, 3.05) is 33.3 Å². The van der Waals surface area contributed by atoms with Crippen molar-refractivity contribution < 1.29 is 4.74 Å². The minimum absolute atomic E-state index is 0. The summed E-state index contributed by atoms with van der Waals surface area (Å²) in [5.74, 6) is 1.46. The van der Waals surface area contributed by atoms with Gasteiger partial charge in [-0.25, -0.2) is 0 Å². The van der Waals surface area contributed by atoms with E-state index in [9.17, 15) is 0 Å². The van der Waals surface area contributed by atoms with Crippen molar-refractivity contribution in [3.8, 4) is 0 Å². The van der Waals surface area contributed by atoms with Crippen LogP contribution < -0.4 is 5.32 Å². The van der Waals surface area contributed by atoms with Gasteiger partial charge in [-0.3, -0.25) is 4.99 Å². The predicted octanol–water partition coefficient (Wildman–Crippen LogP) is 5.03. The highest BCUT2D eigenvalue weighted by Crippen LogP contribution is 2.34. The number of unbranched alkanes of at least 4 members (excludes halogenated alkanes) is 3. The molecule has 1 aliphatic heterocycles. The summed E-state index contributed by atoms with van der Waals surface area (Å²) in [6.07, 6.45) is 8.02. The van der Waals surface area contributed by atoms with Gasteiger partial charge in [0.05, 0.1) is 6.10 Å². The van der Waals surface area contributed by atoms with Crippen LogP contribution in [0.3, 0.4) is 0 Å². The zero-order chi connectivity index (χ0) is 18.6. The molecule has 1 aliphatic rings. The lowest BCUT2D eigenvalue weighted by atomic mass is 9.95. The van der Waals surface area contributed by atoms with Gasteiger partial charge < -0.3 is 15.0 Å². The van der Waals surface area contributed by atoms with Gasteiger partial charge in [-0.1, -0.05) is 42.8 Å². The first-order valence-corrected chi connectivity index (χ1v) is 10.0. The monoisotopic (exact) mass is 485 g/mol. The fourth-order valence-electron chi connectivity index (χ4n) is 3.43. The van der Waals surface area contributed by atoms with E-state index in [1.54, 1.807) is 0 Å². The van der Waals surface area contributed by atoms with E-state index in [1.807, 2.05) is 6.08 Å². The summed E-state index contributed by atoms with van der Waals surface area (Å²) in [6.45, 7) is 9.47. The second-order valence-electron chi connectivity index (χ2n) is 7.01. The minimum Gasteiger partial charge on any atom is -0.373 e. The van der Waals surface area contributed by atoms with E-state index >= 15 is 0 Å². The number of allylic oxidation sites excluding steroid dienone is 1. The first-order chi connectivity index (χ1) is 12.8. The zero-order valence-corrected chi connectivity index (χ0v) is 19.2. The molecule has 0 aromatic heterocycles. The number of aliphatic imine (C=N–C) groups is 1. The third-order valence-electron chi connectivity index (χ3n) is 4.92. The fourth-order valence-corrected chi connectivity index (χ4v) is 3.43. The lowest BCUT2D eigenvalue weighted by Crippen LogP contribution is -2.39. The lowest BCUT2D eigenvalue weighted by molar-refractivity contribution is 0.0925. The molecule has 5 heteroatoms. The highest BCUT2D eigenvalue weighted by atomic mass is 127. The number of halogens is 1. The van der Waals surface area contributed by atoms with Crippen molar-refractivity contribution in [2.45, 2.75) is 45.1 Å². The Morgan fingerprint density at radius 2 is 2.07 bits per heavy atom. The minimum atomic E-state index is 0. The quantitative estimate of drug-likeness (QED) is 0.166. The third-order valence-corrected chi connectivity index (χ3v) is 4.92. The van der Waals surface area contributed by atoms with Crippen LogP contribution in [0.2, 0.25) is 0 Å². The van der Waals surface area contributed by atoms with E-state index in [-0.39, 0.29) is 30.1 Å². The van der Waals surface area contributed by atoms with Gasteiger partial charge in [-0.15, -0.1) is 30.6 Å². The van der Waals surface area contributed by atoms with Gasteiger partial charge >= 0.3 is 0 Å². The van der Waals surface area contributed by atoms with Crippen LogP contribution in [0.15, 0.2) is 48.0 Å². The fraction of sp³-hybridized carbons (Fsp3) is 0.591. The van der Waals surface area contributed by atoms with Crippen molar-refractivity contribution >= 4 is 29.9 Å². The van der Waals surface area contributed by atoms with Gasteiger partial charge in [0.2, 0.25) is 0 Å². The van der Waals surface area contributed by atoms with Crippen molar-refractivity contribution in [1.82, 2.24) is 10.2 Å². The molecule has 4 nitrogen and oxygen atoms in total. The molecule has 1 aromatic rings. The Bertz CT molecular complexity index is 550. The molecule has 1 N–H and O–H groups in total. The molecular formula is C22H36IN3O. The number of nitrogens with zero attached hydrogens (tertiary/aromatic N) is 2. The Balaban J connectivity index is 0.00000364. The van der Waals surface area contributed by atoms with E-state index in [1.165, 1.54) is 24.8 Å². The second kappa shape index (κ2) is 14.0. The third kappa shape index (κ3) is 8.21. The maximum absolute atomic E-state index is 6.00. The van der Waals surface area contributed by atoms with Crippen molar-refractivity contribution in [3.05, 3.63) is 48.6 Å². The van der Waals surface area contributed by atoms with Gasteiger partial charge in [-0.2, -0.15) is 0 Å². The lowest BCUT2D eigenvalue weighted by Gasteiger charge is -2.23. The molecule has 2 atom stereocenters. The maximum atomic E-state index is 6.00. The van der Waals surface area contributed by atoms with Crippen LogP contribution >= 0.6 is 24.0 Å². The van der Waals surface area contributed by atoms with E-state index in [0.29, 0.717) is 5.92 Å².